The summed E-state index contributed by atoms with van der Waals surface area (Å²) in [6.45, 7) is 4.28. The molecule has 0 amide bonds. The number of benzene rings is 2. The molecule has 0 spiro atoms. The highest BCUT2D eigenvalue weighted by Crippen LogP contribution is 2.33. The van der Waals surface area contributed by atoms with Crippen molar-refractivity contribution in [2.45, 2.75) is 19.3 Å². The average molecular weight is 469 g/mol. The molecule has 0 bridgehead atoms. The molecule has 1 aliphatic rings. The second-order valence-electron chi connectivity index (χ2n) is 7.79. The zero-order valence-corrected chi connectivity index (χ0v) is 20.1. The number of anilines is 5. The Morgan fingerprint density at radius 1 is 1.06 bits per heavy atom. The Hall–Kier alpha value is -2.82. The molecule has 1 aromatic heterocycles. The van der Waals surface area contributed by atoms with Crippen LogP contribution in [0.2, 0.25) is 5.02 Å². The van der Waals surface area contributed by atoms with E-state index in [1.165, 1.54) is 24.9 Å². The summed E-state index contributed by atoms with van der Waals surface area (Å²) in [5.41, 5.74) is 2.93. The number of rotatable bonds is 7. The second kappa shape index (κ2) is 10.2. The Balaban J connectivity index is 1.57. The van der Waals surface area contributed by atoms with Crippen molar-refractivity contribution in [1.29, 1.82) is 0 Å². The van der Waals surface area contributed by atoms with Crippen LogP contribution in [0.25, 0.3) is 0 Å². The number of para-hydroxylation sites is 1. The molecule has 1 atom stereocenters. The van der Waals surface area contributed by atoms with Crippen molar-refractivity contribution in [1.82, 2.24) is 9.97 Å². The Kier molecular flexibility index (Phi) is 7.13. The molecule has 1 fully saturated rings. The molecule has 2 aromatic carbocycles. The zero-order valence-electron chi connectivity index (χ0n) is 18.4. The summed E-state index contributed by atoms with van der Waals surface area (Å²) >= 11 is 6.39. The summed E-state index contributed by atoms with van der Waals surface area (Å²) in [6.07, 6.45) is 9.55. The fourth-order valence-corrected chi connectivity index (χ4v) is 4.83. The average Bonchev–Trinajstić information content (AvgIpc) is 2.82. The van der Waals surface area contributed by atoms with Gasteiger partial charge in [0.2, 0.25) is 5.95 Å². The van der Waals surface area contributed by atoms with E-state index < -0.39 is 7.55 Å². The molecule has 2 heterocycles. The number of halogens is 1. The summed E-state index contributed by atoms with van der Waals surface area (Å²) in [5, 5.41) is 8.22. The lowest BCUT2D eigenvalue weighted by molar-refractivity contribution is 0.416. The molecule has 0 saturated carbocycles. The smallest absolute Gasteiger partial charge is 0.229 e. The van der Waals surface area contributed by atoms with Crippen LogP contribution in [0.3, 0.4) is 0 Å². The van der Waals surface area contributed by atoms with E-state index in [-0.39, 0.29) is 0 Å². The Bertz CT molecular complexity index is 1120. The van der Waals surface area contributed by atoms with E-state index in [0.29, 0.717) is 16.8 Å². The van der Waals surface area contributed by atoms with Crippen molar-refractivity contribution < 1.29 is 4.74 Å². The highest BCUT2D eigenvalue weighted by Gasteiger charge is 2.16. The largest absolute Gasteiger partial charge is 0.494 e. The van der Waals surface area contributed by atoms with Crippen molar-refractivity contribution in [3.05, 3.63) is 53.7 Å². The summed E-state index contributed by atoms with van der Waals surface area (Å²) in [5.74, 6) is 1.73. The summed E-state index contributed by atoms with van der Waals surface area (Å²) in [7, 11) is 1.16. The van der Waals surface area contributed by atoms with Gasteiger partial charge in [-0.1, -0.05) is 23.7 Å². The van der Waals surface area contributed by atoms with Crippen molar-refractivity contribution >= 4 is 59.6 Å². The van der Waals surface area contributed by atoms with Crippen LogP contribution in [-0.2, 0) is 0 Å². The molecule has 1 saturated heterocycles. The number of methoxy groups -OCH3 is 1. The van der Waals surface area contributed by atoms with Crippen molar-refractivity contribution in [2.24, 2.45) is 0 Å². The Labute approximate surface area is 195 Å². The first-order valence-corrected chi connectivity index (χ1v) is 13.0. The predicted molar refractivity (Wildman–Crippen MR) is 139 cm³/mol. The third-order valence-corrected chi connectivity index (χ3v) is 6.95. The summed E-state index contributed by atoms with van der Waals surface area (Å²) < 4.78 is 5.65. The van der Waals surface area contributed by atoms with Crippen LogP contribution in [0.1, 0.15) is 19.3 Å². The highest BCUT2D eigenvalue weighted by molar-refractivity contribution is 7.63. The maximum Gasteiger partial charge on any atom is 0.229 e. The lowest BCUT2D eigenvalue weighted by Crippen LogP contribution is -2.29. The molecule has 1 aliphatic heterocycles. The first-order valence-electron chi connectivity index (χ1n) is 10.7. The lowest BCUT2D eigenvalue weighted by atomic mass is 10.1. The van der Waals surface area contributed by atoms with Crippen LogP contribution in [0, 0.1) is 0 Å². The maximum atomic E-state index is 6.39. The third kappa shape index (κ3) is 5.14. The van der Waals surface area contributed by atoms with E-state index in [1.54, 1.807) is 13.3 Å². The van der Waals surface area contributed by atoms with E-state index in [2.05, 4.69) is 56.7 Å². The normalized spacial score (nSPS) is 14.1. The molecule has 32 heavy (non-hydrogen) atoms. The minimum Gasteiger partial charge on any atom is -0.494 e. The van der Waals surface area contributed by atoms with Gasteiger partial charge in [-0.2, -0.15) is 4.98 Å². The van der Waals surface area contributed by atoms with Crippen LogP contribution >= 0.6 is 19.1 Å². The van der Waals surface area contributed by atoms with Gasteiger partial charge >= 0.3 is 0 Å². The number of ether oxygens (including phenoxy) is 1. The standard InChI is InChI=1S/C24H28ClN5OP/c1-31-21-15-17(30-13-7-4-8-14-30)11-12-19(21)28-24-26-16-18(25)23(29-24)27-20-9-5-6-10-22(20)32(2)3/h5-6,9-12,15-16H,2,4,7-8,13-14H2,1,3H3,(H2,26,27,28,29)/q+1. The molecule has 2 N–H and O–H groups in total. The van der Waals surface area contributed by atoms with Gasteiger partial charge in [-0.25, -0.2) is 4.98 Å². The van der Waals surface area contributed by atoms with Gasteiger partial charge in [0.1, 0.15) is 25.0 Å². The molecule has 6 nitrogen and oxygen atoms in total. The Morgan fingerprint density at radius 3 is 2.59 bits per heavy atom. The number of hydrogen-bond acceptors (Lipinski definition) is 6. The van der Waals surface area contributed by atoms with Crippen LogP contribution in [0.5, 0.6) is 5.75 Å². The second-order valence-corrected chi connectivity index (χ2v) is 10.1. The SMILES string of the molecule is C=[P+](C)c1ccccc1Nc1nc(Nc2ccc(N3CCCCC3)cc2OC)ncc1Cl. The molecule has 166 valence electrons. The highest BCUT2D eigenvalue weighted by atomic mass is 35.5. The maximum absolute atomic E-state index is 6.39. The van der Waals surface area contributed by atoms with E-state index in [9.17, 15) is 0 Å². The van der Waals surface area contributed by atoms with E-state index in [0.717, 1.165) is 35.5 Å². The van der Waals surface area contributed by atoms with E-state index >= 15 is 0 Å². The first-order chi connectivity index (χ1) is 15.5. The first kappa shape index (κ1) is 22.4. The van der Waals surface area contributed by atoms with Crippen LogP contribution in [0.4, 0.5) is 28.8 Å². The third-order valence-electron chi connectivity index (χ3n) is 5.47. The quantitative estimate of drug-likeness (QED) is 0.428. The minimum absolute atomic E-state index is 0.437. The predicted octanol–water partition coefficient (Wildman–Crippen LogP) is 5.79. The molecule has 3 aromatic rings. The van der Waals surface area contributed by atoms with Gasteiger partial charge in [0.25, 0.3) is 0 Å². The van der Waals surface area contributed by atoms with Gasteiger partial charge in [0, 0.05) is 24.8 Å². The van der Waals surface area contributed by atoms with Crippen molar-refractivity contribution in [3.63, 3.8) is 0 Å². The van der Waals surface area contributed by atoms with Gasteiger partial charge in [-0.05, 0) is 43.5 Å². The number of aromatic nitrogens is 2. The molecular weight excluding hydrogens is 441 g/mol. The molecule has 4 rings (SSSR count). The molecule has 1 unspecified atom stereocenters. The van der Waals surface area contributed by atoms with Crippen molar-refractivity contribution in [3.8, 4) is 5.75 Å². The van der Waals surface area contributed by atoms with Gasteiger partial charge in [-0.15, -0.1) is 0 Å². The van der Waals surface area contributed by atoms with E-state index in [1.807, 2.05) is 24.3 Å². The van der Waals surface area contributed by atoms with Crippen LogP contribution in [-0.4, -0.2) is 43.1 Å². The summed E-state index contributed by atoms with van der Waals surface area (Å²) in [4.78, 5) is 11.4. The minimum atomic E-state index is -0.520. The number of hydrogen-bond donors (Lipinski definition) is 2. The molecule has 0 aliphatic carbocycles. The van der Waals surface area contributed by atoms with Gasteiger partial charge in [0.15, 0.2) is 11.1 Å². The van der Waals surface area contributed by atoms with Crippen LogP contribution in [0.15, 0.2) is 48.7 Å². The fraction of sp³-hybridized carbons (Fsp3) is 0.292. The Morgan fingerprint density at radius 2 is 1.84 bits per heavy atom. The van der Waals surface area contributed by atoms with Gasteiger partial charge in [-0.3, -0.25) is 0 Å². The fourth-order valence-electron chi connectivity index (χ4n) is 3.81. The summed E-state index contributed by atoms with van der Waals surface area (Å²) in [6, 6.07) is 14.3. The lowest BCUT2D eigenvalue weighted by Gasteiger charge is -2.29. The molecular formula is C24H28ClN5OP+. The molecule has 0 radical (unpaired) electrons. The zero-order chi connectivity index (χ0) is 22.5. The number of piperidine rings is 1. The number of nitrogens with one attached hydrogen (secondary N) is 2. The molecule has 8 heteroatoms. The van der Waals surface area contributed by atoms with Gasteiger partial charge in [0.05, 0.1) is 31.0 Å². The number of nitrogens with zero attached hydrogens (tertiary/aromatic N) is 3. The topological polar surface area (TPSA) is 62.3 Å². The van der Waals surface area contributed by atoms with E-state index in [4.69, 9.17) is 16.3 Å². The van der Waals surface area contributed by atoms with Gasteiger partial charge < -0.3 is 20.3 Å². The van der Waals surface area contributed by atoms with Crippen molar-refractivity contribution in [2.75, 3.05) is 42.4 Å². The van der Waals surface area contributed by atoms with Crippen LogP contribution < -0.4 is 25.6 Å². The monoisotopic (exact) mass is 468 g/mol.